The Kier molecular flexibility index (Phi) is 4.53. The lowest BCUT2D eigenvalue weighted by Gasteiger charge is -2.20. The first kappa shape index (κ1) is 16.9. The van der Waals surface area contributed by atoms with E-state index in [1.807, 2.05) is 12.1 Å². The first-order chi connectivity index (χ1) is 12.6. The van der Waals surface area contributed by atoms with Gasteiger partial charge in [0.2, 0.25) is 0 Å². The van der Waals surface area contributed by atoms with Gasteiger partial charge in [-0.25, -0.2) is 0 Å². The maximum atomic E-state index is 6.10. The highest BCUT2D eigenvalue weighted by molar-refractivity contribution is 6.30. The molecule has 0 nitrogen and oxygen atoms in total. The Morgan fingerprint density at radius 3 is 1.92 bits per heavy atom. The van der Waals surface area contributed by atoms with E-state index >= 15 is 0 Å². The molecule has 4 rings (SSSR count). The van der Waals surface area contributed by atoms with Crippen molar-refractivity contribution in [2.45, 2.75) is 19.8 Å². The molecule has 26 heavy (non-hydrogen) atoms. The molecule has 0 N–H and O–H groups in total. The van der Waals surface area contributed by atoms with Crippen LogP contribution in [0.5, 0.6) is 0 Å². The zero-order valence-electron chi connectivity index (χ0n) is 15.0. The number of rotatable bonds is 3. The molecule has 0 bridgehead atoms. The van der Waals surface area contributed by atoms with Gasteiger partial charge in [-0.15, -0.1) is 0 Å². The standard InChI is InChI=1S/C25H21Cl/c1-17(2)23-16-24(18-12-14-20(26)15-13-18)21-10-6-7-11-22(21)25(23)19-8-4-3-5-9-19/h3-17H,1-2H3. The van der Waals surface area contributed by atoms with Crippen LogP contribution in [-0.4, -0.2) is 0 Å². The molecule has 1 heteroatoms. The molecule has 0 atom stereocenters. The van der Waals surface area contributed by atoms with Gasteiger partial charge in [0, 0.05) is 5.02 Å². The quantitative estimate of drug-likeness (QED) is 0.349. The van der Waals surface area contributed by atoms with Gasteiger partial charge in [-0.2, -0.15) is 0 Å². The second-order valence-electron chi connectivity index (χ2n) is 6.96. The van der Waals surface area contributed by atoms with E-state index < -0.39 is 0 Å². The molecule has 0 aromatic heterocycles. The molecule has 4 aromatic rings. The molecule has 0 unspecified atom stereocenters. The van der Waals surface area contributed by atoms with Crippen LogP contribution in [0.15, 0.2) is 84.9 Å². The smallest absolute Gasteiger partial charge is 0.0406 e. The minimum absolute atomic E-state index is 0.431. The fourth-order valence-corrected chi connectivity index (χ4v) is 3.77. The van der Waals surface area contributed by atoms with Crippen molar-refractivity contribution in [1.82, 2.24) is 0 Å². The van der Waals surface area contributed by atoms with Crippen molar-refractivity contribution in [1.29, 1.82) is 0 Å². The van der Waals surface area contributed by atoms with Crippen LogP contribution in [0.2, 0.25) is 5.02 Å². The van der Waals surface area contributed by atoms with Crippen molar-refractivity contribution in [2.75, 3.05) is 0 Å². The van der Waals surface area contributed by atoms with Gasteiger partial charge in [0.1, 0.15) is 0 Å². The van der Waals surface area contributed by atoms with E-state index in [9.17, 15) is 0 Å². The van der Waals surface area contributed by atoms with Gasteiger partial charge >= 0.3 is 0 Å². The van der Waals surface area contributed by atoms with Crippen LogP contribution in [0.25, 0.3) is 33.0 Å². The Labute approximate surface area is 160 Å². The first-order valence-electron chi connectivity index (χ1n) is 9.02. The lowest BCUT2D eigenvalue weighted by atomic mass is 9.84. The molecule has 0 fully saturated rings. The molecule has 0 aliphatic heterocycles. The highest BCUT2D eigenvalue weighted by Crippen LogP contribution is 2.41. The average Bonchev–Trinajstić information content (AvgIpc) is 2.68. The van der Waals surface area contributed by atoms with Gasteiger partial charge < -0.3 is 0 Å². The Morgan fingerprint density at radius 1 is 0.654 bits per heavy atom. The molecule has 0 aliphatic carbocycles. The number of hydrogen-bond acceptors (Lipinski definition) is 0. The molecule has 0 saturated heterocycles. The number of halogens is 1. The van der Waals surface area contributed by atoms with Gasteiger partial charge in [-0.1, -0.05) is 92.2 Å². The zero-order chi connectivity index (χ0) is 18.1. The monoisotopic (exact) mass is 356 g/mol. The second kappa shape index (κ2) is 6.97. The van der Waals surface area contributed by atoms with E-state index in [4.69, 9.17) is 11.6 Å². The van der Waals surface area contributed by atoms with E-state index in [1.165, 1.54) is 38.6 Å². The van der Waals surface area contributed by atoms with Crippen molar-refractivity contribution >= 4 is 22.4 Å². The minimum atomic E-state index is 0.431. The maximum absolute atomic E-state index is 6.10. The number of hydrogen-bond donors (Lipinski definition) is 0. The lowest BCUT2D eigenvalue weighted by molar-refractivity contribution is 0.871. The van der Waals surface area contributed by atoms with Crippen molar-refractivity contribution in [3.05, 3.63) is 95.5 Å². The third-order valence-electron chi connectivity index (χ3n) is 4.91. The van der Waals surface area contributed by atoms with Gasteiger partial charge in [0.05, 0.1) is 0 Å². The molecule has 0 radical (unpaired) electrons. The molecule has 128 valence electrons. The topological polar surface area (TPSA) is 0 Å². The summed E-state index contributed by atoms with van der Waals surface area (Å²) in [5, 5.41) is 3.34. The fourth-order valence-electron chi connectivity index (χ4n) is 3.65. The summed E-state index contributed by atoms with van der Waals surface area (Å²) in [6.45, 7) is 4.53. The van der Waals surface area contributed by atoms with Crippen LogP contribution in [-0.2, 0) is 0 Å². The summed E-state index contributed by atoms with van der Waals surface area (Å²) in [4.78, 5) is 0. The summed E-state index contributed by atoms with van der Waals surface area (Å²) in [7, 11) is 0. The van der Waals surface area contributed by atoms with Crippen LogP contribution in [0.3, 0.4) is 0 Å². The molecule has 0 amide bonds. The maximum Gasteiger partial charge on any atom is 0.0406 e. The van der Waals surface area contributed by atoms with Crippen LogP contribution in [0, 0.1) is 0 Å². The fraction of sp³-hybridized carbons (Fsp3) is 0.120. The Bertz CT molecular complexity index is 1040. The van der Waals surface area contributed by atoms with E-state index in [-0.39, 0.29) is 0 Å². The Morgan fingerprint density at radius 2 is 1.27 bits per heavy atom. The highest BCUT2D eigenvalue weighted by atomic mass is 35.5. The van der Waals surface area contributed by atoms with Gasteiger partial charge in [0.15, 0.2) is 0 Å². The van der Waals surface area contributed by atoms with Crippen molar-refractivity contribution in [3.63, 3.8) is 0 Å². The molecular formula is C25H21Cl. The zero-order valence-corrected chi connectivity index (χ0v) is 15.8. The van der Waals surface area contributed by atoms with Crippen LogP contribution in [0.4, 0.5) is 0 Å². The van der Waals surface area contributed by atoms with Crippen LogP contribution in [0.1, 0.15) is 25.3 Å². The summed E-state index contributed by atoms with van der Waals surface area (Å²) >= 11 is 6.10. The summed E-state index contributed by atoms with van der Waals surface area (Å²) in [5.41, 5.74) is 6.46. The van der Waals surface area contributed by atoms with Crippen LogP contribution >= 0.6 is 11.6 Å². The third-order valence-corrected chi connectivity index (χ3v) is 5.17. The van der Waals surface area contributed by atoms with Gasteiger partial charge in [-0.3, -0.25) is 0 Å². The second-order valence-corrected chi connectivity index (χ2v) is 7.40. The van der Waals surface area contributed by atoms with E-state index in [0.717, 1.165) is 5.02 Å². The number of fused-ring (bicyclic) bond motifs is 1. The highest BCUT2D eigenvalue weighted by Gasteiger charge is 2.16. The summed E-state index contributed by atoms with van der Waals surface area (Å²) in [6.07, 6.45) is 0. The van der Waals surface area contributed by atoms with E-state index in [2.05, 4.69) is 86.6 Å². The molecular weight excluding hydrogens is 336 g/mol. The predicted octanol–water partition coefficient (Wildman–Crippen LogP) is 7.95. The van der Waals surface area contributed by atoms with Crippen molar-refractivity contribution < 1.29 is 0 Å². The summed E-state index contributed by atoms with van der Waals surface area (Å²) in [6, 6.07) is 29.9. The Balaban J connectivity index is 2.09. The molecule has 0 heterocycles. The summed E-state index contributed by atoms with van der Waals surface area (Å²) < 4.78 is 0. The summed E-state index contributed by atoms with van der Waals surface area (Å²) in [5.74, 6) is 0.431. The third kappa shape index (κ3) is 3.02. The molecule has 0 spiro atoms. The molecule has 4 aromatic carbocycles. The normalized spacial score (nSPS) is 11.2. The molecule has 0 aliphatic rings. The molecule has 0 saturated carbocycles. The average molecular weight is 357 g/mol. The van der Waals surface area contributed by atoms with Crippen LogP contribution < -0.4 is 0 Å². The number of benzene rings is 4. The van der Waals surface area contributed by atoms with Crippen molar-refractivity contribution in [3.8, 4) is 22.3 Å². The SMILES string of the molecule is CC(C)c1cc(-c2ccc(Cl)cc2)c2ccccc2c1-c1ccccc1. The minimum Gasteiger partial charge on any atom is -0.0843 e. The van der Waals surface area contributed by atoms with Gasteiger partial charge in [-0.05, 0) is 62.7 Å². The lowest BCUT2D eigenvalue weighted by Crippen LogP contribution is -1.96. The Hall–Kier alpha value is -2.57. The first-order valence-corrected chi connectivity index (χ1v) is 9.40. The van der Waals surface area contributed by atoms with Crippen molar-refractivity contribution in [2.24, 2.45) is 0 Å². The van der Waals surface area contributed by atoms with Gasteiger partial charge in [0.25, 0.3) is 0 Å². The predicted molar refractivity (Wildman–Crippen MR) is 114 cm³/mol. The van der Waals surface area contributed by atoms with E-state index in [0.29, 0.717) is 5.92 Å². The van der Waals surface area contributed by atoms with E-state index in [1.54, 1.807) is 0 Å². The largest absolute Gasteiger partial charge is 0.0843 e.